The van der Waals surface area contributed by atoms with Crippen molar-refractivity contribution in [2.45, 2.75) is 88.9 Å². The fraction of sp³-hybridized carbons (Fsp3) is 0.385. The van der Waals surface area contributed by atoms with Gasteiger partial charge in [-0.1, -0.05) is 6.07 Å². The Balaban J connectivity index is 0.000000908. The molecule has 0 saturated carbocycles. The first kappa shape index (κ1) is 43.2. The van der Waals surface area contributed by atoms with Crippen LogP contribution in [0.5, 0.6) is 11.5 Å². The molecule has 0 unspecified atom stereocenters. The van der Waals surface area contributed by atoms with Gasteiger partial charge in [-0.25, -0.2) is 18.2 Å². The summed E-state index contributed by atoms with van der Waals surface area (Å²) in [6.45, 7) is 11.2. The molecule has 1 aliphatic rings. The highest BCUT2D eigenvalue weighted by Crippen LogP contribution is 2.41. The van der Waals surface area contributed by atoms with E-state index in [0.29, 0.717) is 65.8 Å². The quantitative estimate of drug-likeness (QED) is 0.113. The second kappa shape index (κ2) is 17.9. The average Bonchev–Trinajstić information content (AvgIpc) is 3.61. The van der Waals surface area contributed by atoms with E-state index in [-0.39, 0.29) is 22.8 Å². The number of aromatic nitrogens is 1. The van der Waals surface area contributed by atoms with E-state index in [9.17, 15) is 31.2 Å². The topological polar surface area (TPSA) is 190 Å². The summed E-state index contributed by atoms with van der Waals surface area (Å²) in [5, 5.41) is 14.3. The summed E-state index contributed by atoms with van der Waals surface area (Å²) in [6, 6.07) is 16.3. The highest BCUT2D eigenvalue weighted by atomic mass is 32.2. The third kappa shape index (κ3) is 10.4. The SMILES string of the molecule is CCOc1cc([C@@H](Nc2ccc3c(N)nccc3c2)C(=O)N2CCC[C@@H]2c2cc(NC(C)=O)ccc2S(=O)(=O)C(C)C)ccc1OC(C)C.O=C(O)C(F)(F)F. The van der Waals surface area contributed by atoms with Crippen LogP contribution in [0.1, 0.15) is 77.6 Å². The molecule has 2 amide bonds. The molecule has 0 radical (unpaired) electrons. The van der Waals surface area contributed by atoms with Gasteiger partial charge in [0.05, 0.1) is 28.9 Å². The van der Waals surface area contributed by atoms with Gasteiger partial charge in [0.15, 0.2) is 21.3 Å². The fourth-order valence-corrected chi connectivity index (χ4v) is 7.48. The van der Waals surface area contributed by atoms with E-state index in [1.54, 1.807) is 43.1 Å². The smallest absolute Gasteiger partial charge is 0.490 e. The molecule has 2 atom stereocenters. The second-order valence-electron chi connectivity index (χ2n) is 13.5. The largest absolute Gasteiger partial charge is 0.490 e. The first-order chi connectivity index (χ1) is 26.2. The van der Waals surface area contributed by atoms with Gasteiger partial charge in [0.2, 0.25) is 11.8 Å². The summed E-state index contributed by atoms with van der Waals surface area (Å²) in [5.74, 6) is -1.79. The van der Waals surface area contributed by atoms with E-state index in [1.807, 2.05) is 57.2 Å². The minimum Gasteiger partial charge on any atom is -0.490 e. The number of ether oxygens (including phenoxy) is 2. The van der Waals surface area contributed by atoms with Gasteiger partial charge >= 0.3 is 12.1 Å². The lowest BCUT2D eigenvalue weighted by atomic mass is 10.00. The Morgan fingerprint density at radius 1 is 1.00 bits per heavy atom. The van der Waals surface area contributed by atoms with Crippen molar-refractivity contribution in [2.24, 2.45) is 0 Å². The van der Waals surface area contributed by atoms with Crippen LogP contribution in [0.25, 0.3) is 10.8 Å². The molecule has 56 heavy (non-hydrogen) atoms. The van der Waals surface area contributed by atoms with Crippen LogP contribution in [0.4, 0.5) is 30.4 Å². The number of nitrogen functional groups attached to an aromatic ring is 1. The molecular weight excluding hydrogens is 756 g/mol. The Bertz CT molecular complexity index is 2180. The number of halogens is 3. The van der Waals surface area contributed by atoms with Crippen molar-refractivity contribution in [3.05, 3.63) is 78.0 Å². The normalized spacial score (nSPS) is 14.9. The zero-order valence-electron chi connectivity index (χ0n) is 31.8. The highest BCUT2D eigenvalue weighted by molar-refractivity contribution is 7.92. The van der Waals surface area contributed by atoms with Gasteiger partial charge in [-0.3, -0.25) is 9.59 Å². The van der Waals surface area contributed by atoms with Crippen molar-refractivity contribution in [3.63, 3.8) is 0 Å². The van der Waals surface area contributed by atoms with Crippen LogP contribution in [0.3, 0.4) is 0 Å². The minimum absolute atomic E-state index is 0.0879. The number of hydrogen-bond acceptors (Lipinski definition) is 10. The van der Waals surface area contributed by atoms with E-state index in [2.05, 4.69) is 15.6 Å². The number of nitrogens with two attached hydrogens (primary N) is 1. The maximum atomic E-state index is 14.9. The minimum atomic E-state index is -5.08. The van der Waals surface area contributed by atoms with E-state index >= 15 is 0 Å². The van der Waals surface area contributed by atoms with Gasteiger partial charge < -0.3 is 35.8 Å². The lowest BCUT2D eigenvalue weighted by molar-refractivity contribution is -0.192. The van der Waals surface area contributed by atoms with Gasteiger partial charge in [0, 0.05) is 36.4 Å². The maximum absolute atomic E-state index is 14.9. The van der Waals surface area contributed by atoms with Gasteiger partial charge in [-0.2, -0.15) is 13.2 Å². The summed E-state index contributed by atoms with van der Waals surface area (Å²) < 4.78 is 70.9. The fourth-order valence-electron chi connectivity index (χ4n) is 6.19. The number of pyridine rings is 1. The number of amides is 2. The van der Waals surface area contributed by atoms with E-state index < -0.39 is 39.3 Å². The van der Waals surface area contributed by atoms with Crippen molar-refractivity contribution >= 4 is 55.6 Å². The van der Waals surface area contributed by atoms with Gasteiger partial charge in [0.25, 0.3) is 0 Å². The molecule has 0 bridgehead atoms. The van der Waals surface area contributed by atoms with Crippen LogP contribution in [0.15, 0.2) is 71.8 Å². The number of nitrogens with zero attached hydrogens (tertiary/aromatic N) is 2. The first-order valence-corrected chi connectivity index (χ1v) is 19.4. The lowest BCUT2D eigenvalue weighted by Gasteiger charge is -2.32. The molecule has 3 aromatic carbocycles. The molecule has 302 valence electrons. The number of alkyl halides is 3. The molecule has 0 aliphatic carbocycles. The summed E-state index contributed by atoms with van der Waals surface area (Å²) in [6.07, 6.45) is -2.31. The zero-order valence-corrected chi connectivity index (χ0v) is 32.6. The van der Waals surface area contributed by atoms with Crippen LogP contribution < -0.4 is 25.8 Å². The number of fused-ring (bicyclic) bond motifs is 1. The maximum Gasteiger partial charge on any atom is 0.490 e. The molecule has 0 spiro atoms. The van der Waals surface area contributed by atoms with Crippen molar-refractivity contribution < 1.29 is 50.6 Å². The molecule has 5 N–H and O–H groups in total. The summed E-state index contributed by atoms with van der Waals surface area (Å²) in [7, 11) is -3.72. The Morgan fingerprint density at radius 2 is 1.68 bits per heavy atom. The number of rotatable bonds is 12. The zero-order chi connectivity index (χ0) is 41.5. The number of aliphatic carboxylic acids is 1. The monoisotopic (exact) mass is 801 g/mol. The molecule has 2 heterocycles. The average molecular weight is 802 g/mol. The number of anilines is 3. The Labute approximate surface area is 323 Å². The van der Waals surface area contributed by atoms with Gasteiger partial charge in [-0.15, -0.1) is 0 Å². The van der Waals surface area contributed by atoms with E-state index in [0.717, 1.165) is 10.8 Å². The second-order valence-corrected chi connectivity index (χ2v) is 16.0. The number of sulfone groups is 1. The number of benzene rings is 3. The van der Waals surface area contributed by atoms with E-state index in [1.165, 1.54) is 13.0 Å². The number of carboxylic acids is 1. The van der Waals surface area contributed by atoms with Crippen LogP contribution in [-0.4, -0.2) is 71.9 Å². The molecule has 13 nitrogen and oxygen atoms in total. The van der Waals surface area contributed by atoms with Crippen LogP contribution in [0.2, 0.25) is 0 Å². The number of carbonyl (C=O) groups is 3. The third-order valence-electron chi connectivity index (χ3n) is 8.71. The number of hydrogen-bond donors (Lipinski definition) is 4. The summed E-state index contributed by atoms with van der Waals surface area (Å²) in [5.41, 5.74) is 8.38. The van der Waals surface area contributed by atoms with Crippen molar-refractivity contribution in [2.75, 3.05) is 29.5 Å². The number of likely N-dealkylation sites (tertiary alicyclic amines) is 1. The van der Waals surface area contributed by atoms with Crippen LogP contribution >= 0.6 is 0 Å². The molecule has 17 heteroatoms. The first-order valence-electron chi connectivity index (χ1n) is 17.8. The molecule has 1 aromatic heterocycles. The molecular formula is C39H46F3N5O8S. The molecule has 1 fully saturated rings. The molecule has 4 aromatic rings. The number of carboxylic acid groups (broad SMARTS) is 1. The van der Waals surface area contributed by atoms with E-state index in [4.69, 9.17) is 25.1 Å². The molecule has 5 rings (SSSR count). The van der Waals surface area contributed by atoms with Gasteiger partial charge in [-0.05, 0) is 119 Å². The predicted molar refractivity (Wildman–Crippen MR) is 206 cm³/mol. The van der Waals surface area contributed by atoms with Crippen molar-refractivity contribution in [1.82, 2.24) is 9.88 Å². The summed E-state index contributed by atoms with van der Waals surface area (Å²) >= 11 is 0. The lowest BCUT2D eigenvalue weighted by Crippen LogP contribution is -2.38. The standard InChI is InChI=1S/C37H45N5O6S.C2HF3O2/c1-7-47-33-20-26(10-14-32(33)48-22(2)3)35(41-27-11-13-29-25(19-27)16-17-39-36(29)38)37(44)42-18-8-9-31(42)30-21-28(40-24(6)43)12-15-34(30)49(45,46)23(4)5;3-2(4,5)1(6)7/h10-17,19-23,31,35,41H,7-9,18H2,1-6H3,(H2,38,39)(H,40,43);(H,6,7)/t31-,35-;/m1./s1. The Kier molecular flexibility index (Phi) is 13.8. The number of nitrogens with one attached hydrogen (secondary N) is 2. The van der Waals surface area contributed by atoms with Gasteiger partial charge in [0.1, 0.15) is 11.9 Å². The predicted octanol–water partition coefficient (Wildman–Crippen LogP) is 7.29. The summed E-state index contributed by atoms with van der Waals surface area (Å²) in [4.78, 5) is 41.8. The highest BCUT2D eigenvalue weighted by Gasteiger charge is 2.39. The third-order valence-corrected chi connectivity index (χ3v) is 10.9. The Hall–Kier alpha value is -5.58. The van der Waals surface area contributed by atoms with Crippen LogP contribution in [0, 0.1) is 0 Å². The van der Waals surface area contributed by atoms with Crippen LogP contribution in [-0.2, 0) is 24.2 Å². The molecule has 1 saturated heterocycles. The van der Waals surface area contributed by atoms with Crippen molar-refractivity contribution in [1.29, 1.82) is 0 Å². The number of carbonyl (C=O) groups excluding carboxylic acids is 2. The Morgan fingerprint density at radius 3 is 2.29 bits per heavy atom. The van der Waals surface area contributed by atoms with Crippen molar-refractivity contribution in [3.8, 4) is 11.5 Å². The molecule has 1 aliphatic heterocycles.